The van der Waals surface area contributed by atoms with Crippen LogP contribution in [0, 0.1) is 6.92 Å². The second-order valence-electron chi connectivity index (χ2n) is 5.18. The van der Waals surface area contributed by atoms with Gasteiger partial charge in [0.25, 0.3) is 0 Å². The van der Waals surface area contributed by atoms with E-state index in [1.165, 1.54) is 4.46 Å². The minimum absolute atomic E-state index is 0.0731. The van der Waals surface area contributed by atoms with Crippen LogP contribution in [0.2, 0.25) is 5.02 Å². The van der Waals surface area contributed by atoms with Gasteiger partial charge in [0.15, 0.2) is 0 Å². The average Bonchev–Trinajstić information content (AvgIpc) is 2.99. The van der Waals surface area contributed by atoms with Crippen LogP contribution in [-0.4, -0.2) is 42.5 Å². The summed E-state index contributed by atoms with van der Waals surface area (Å²) in [5.74, 6) is -0.452. The zero-order valence-corrected chi connectivity index (χ0v) is 16.2. The monoisotopic (exact) mass is 421 g/mol. The van der Waals surface area contributed by atoms with E-state index in [9.17, 15) is 4.79 Å². The summed E-state index contributed by atoms with van der Waals surface area (Å²) in [5, 5.41) is 8.88. The van der Waals surface area contributed by atoms with Gasteiger partial charge in [-0.1, -0.05) is 0 Å². The summed E-state index contributed by atoms with van der Waals surface area (Å²) in [4.78, 5) is 12.0. The van der Waals surface area contributed by atoms with Crippen LogP contribution in [0.3, 0.4) is 0 Å². The van der Waals surface area contributed by atoms with Gasteiger partial charge in [0.2, 0.25) is 0 Å². The number of esters is 1. The molecule has 5 nitrogen and oxygen atoms in total. The third-order valence-corrected chi connectivity index (χ3v) is 6.00. The zero-order valence-electron chi connectivity index (χ0n) is 13.8. The Kier molecular flexibility index (Phi) is 5.53. The third kappa shape index (κ3) is 3.93. The van der Waals surface area contributed by atoms with Crippen molar-refractivity contribution in [3.63, 3.8) is 0 Å². The molecule has 0 bridgehead atoms. The van der Waals surface area contributed by atoms with Crippen molar-refractivity contribution < 1.29 is 9.53 Å². The van der Waals surface area contributed by atoms with Crippen LogP contribution in [-0.2, 0) is 4.74 Å². The summed E-state index contributed by atoms with van der Waals surface area (Å²) in [6.45, 7) is 3.89. The first-order valence-electron chi connectivity index (χ1n) is 7.72. The molecule has 0 radical (unpaired) electrons. The van der Waals surface area contributed by atoms with Crippen LogP contribution in [0.15, 0.2) is 48.5 Å². The van der Waals surface area contributed by atoms with E-state index in [0.29, 0.717) is 12.3 Å². The van der Waals surface area contributed by atoms with Crippen LogP contribution < -0.4 is 8.92 Å². The summed E-state index contributed by atoms with van der Waals surface area (Å²) in [7, 11) is 0. The van der Waals surface area contributed by atoms with Gasteiger partial charge in [-0.2, -0.15) is 0 Å². The van der Waals surface area contributed by atoms with Crippen molar-refractivity contribution in [1.29, 1.82) is 0 Å². The Balaban J connectivity index is 1.96. The van der Waals surface area contributed by atoms with Gasteiger partial charge < -0.3 is 0 Å². The molecule has 1 aromatic heterocycles. The molecule has 0 spiro atoms. The molecule has 128 valence electrons. The van der Waals surface area contributed by atoms with Crippen molar-refractivity contribution >= 4 is 41.5 Å². The minimum atomic E-state index is -0.452. The molecule has 0 aliphatic carbocycles. The number of carbonyl (C=O) groups is 1. The molecule has 7 heteroatoms. The standard InChI is InChI=1S/C18H16ClN3O2Se/c1-3-24-18(23)17-12(2)22(21-20-17)15-6-4-5-7-16(15)25-14-10-8-13(19)9-11-14/h4-11H,3H2,1-2H3. The van der Waals surface area contributed by atoms with Crippen molar-refractivity contribution in [2.45, 2.75) is 13.8 Å². The fourth-order valence-corrected chi connectivity index (χ4v) is 4.38. The Morgan fingerprint density at radius 1 is 1.20 bits per heavy atom. The molecule has 0 amide bonds. The van der Waals surface area contributed by atoms with Crippen LogP contribution in [0.1, 0.15) is 23.1 Å². The molecule has 2 aromatic carbocycles. The molecule has 1 heterocycles. The Bertz CT molecular complexity index is 894. The van der Waals surface area contributed by atoms with E-state index in [-0.39, 0.29) is 20.7 Å². The van der Waals surface area contributed by atoms with Gasteiger partial charge in [-0.25, -0.2) is 0 Å². The van der Waals surface area contributed by atoms with E-state index >= 15 is 0 Å². The van der Waals surface area contributed by atoms with Gasteiger partial charge in [-0.05, 0) is 0 Å². The number of carbonyl (C=O) groups excluding carboxylic acids is 1. The number of hydrogen-bond donors (Lipinski definition) is 0. The van der Waals surface area contributed by atoms with Gasteiger partial charge in [0.05, 0.1) is 0 Å². The fraction of sp³-hybridized carbons (Fsp3) is 0.167. The second kappa shape index (κ2) is 7.83. The normalized spacial score (nSPS) is 10.7. The quantitative estimate of drug-likeness (QED) is 0.468. The van der Waals surface area contributed by atoms with Crippen molar-refractivity contribution in [3.8, 4) is 5.69 Å². The number of aromatic nitrogens is 3. The van der Waals surface area contributed by atoms with E-state index in [0.717, 1.165) is 15.2 Å². The van der Waals surface area contributed by atoms with Crippen molar-refractivity contribution in [2.24, 2.45) is 0 Å². The van der Waals surface area contributed by atoms with E-state index in [1.54, 1.807) is 11.6 Å². The molecule has 25 heavy (non-hydrogen) atoms. The summed E-state index contributed by atoms with van der Waals surface area (Å²) in [5.41, 5.74) is 1.83. The SMILES string of the molecule is CCOC(=O)c1nnn(-c2ccccc2[Se]c2ccc(Cl)cc2)c1C. The molecule has 0 N–H and O–H groups in total. The van der Waals surface area contributed by atoms with E-state index in [1.807, 2.05) is 49.4 Å². The molecule has 0 unspecified atom stereocenters. The Hall–Kier alpha value is -2.14. The van der Waals surface area contributed by atoms with E-state index in [2.05, 4.69) is 16.4 Å². The van der Waals surface area contributed by atoms with Crippen molar-refractivity contribution in [1.82, 2.24) is 15.0 Å². The molecular formula is C18H16ClN3O2Se. The van der Waals surface area contributed by atoms with Crippen LogP contribution in [0.5, 0.6) is 0 Å². The Morgan fingerprint density at radius 3 is 2.64 bits per heavy atom. The summed E-state index contributed by atoms with van der Waals surface area (Å²) in [6.07, 6.45) is 0. The topological polar surface area (TPSA) is 57.0 Å². The maximum atomic E-state index is 12.0. The number of rotatable bonds is 5. The Labute approximate surface area is 157 Å². The molecule has 3 rings (SSSR count). The zero-order chi connectivity index (χ0) is 17.8. The number of para-hydroxylation sites is 1. The molecule has 0 saturated carbocycles. The molecule has 0 fully saturated rings. The molecule has 0 aliphatic heterocycles. The van der Waals surface area contributed by atoms with Crippen molar-refractivity contribution in [3.05, 3.63) is 64.9 Å². The molecule has 0 aliphatic rings. The van der Waals surface area contributed by atoms with Gasteiger partial charge in [-0.15, -0.1) is 0 Å². The third-order valence-electron chi connectivity index (χ3n) is 3.50. The predicted molar refractivity (Wildman–Crippen MR) is 98.5 cm³/mol. The molecule has 0 atom stereocenters. The summed E-state index contributed by atoms with van der Waals surface area (Å²) in [6, 6.07) is 15.8. The van der Waals surface area contributed by atoms with E-state index in [4.69, 9.17) is 16.3 Å². The number of halogens is 1. The first-order valence-corrected chi connectivity index (χ1v) is 9.81. The number of nitrogens with zero attached hydrogens (tertiary/aromatic N) is 3. The molecular weight excluding hydrogens is 405 g/mol. The number of hydrogen-bond acceptors (Lipinski definition) is 4. The predicted octanol–water partition coefficient (Wildman–Crippen LogP) is 2.06. The fourth-order valence-electron chi connectivity index (χ4n) is 2.29. The van der Waals surface area contributed by atoms with Gasteiger partial charge in [-0.3, -0.25) is 0 Å². The van der Waals surface area contributed by atoms with Gasteiger partial charge in [0, 0.05) is 0 Å². The van der Waals surface area contributed by atoms with Gasteiger partial charge >= 0.3 is 157 Å². The van der Waals surface area contributed by atoms with Crippen molar-refractivity contribution in [2.75, 3.05) is 6.61 Å². The van der Waals surface area contributed by atoms with E-state index < -0.39 is 5.97 Å². The second-order valence-corrected chi connectivity index (χ2v) is 7.96. The summed E-state index contributed by atoms with van der Waals surface area (Å²) < 4.78 is 9.07. The summed E-state index contributed by atoms with van der Waals surface area (Å²) >= 11 is 6.03. The van der Waals surface area contributed by atoms with Gasteiger partial charge in [0.1, 0.15) is 0 Å². The first-order chi connectivity index (χ1) is 12.1. The maximum absolute atomic E-state index is 12.0. The number of ether oxygens (including phenoxy) is 1. The number of benzene rings is 2. The van der Waals surface area contributed by atoms with Crippen LogP contribution in [0.4, 0.5) is 0 Å². The molecule has 0 saturated heterocycles. The van der Waals surface area contributed by atoms with Crippen LogP contribution >= 0.6 is 11.6 Å². The first kappa shape index (κ1) is 17.7. The average molecular weight is 421 g/mol. The van der Waals surface area contributed by atoms with Crippen LogP contribution in [0.25, 0.3) is 5.69 Å². The molecule has 3 aromatic rings. The Morgan fingerprint density at radius 2 is 1.92 bits per heavy atom.